The SMILES string of the molecule is CCCC1CN(C(=S)Nc2cccc(Br)c2)C(=NCCCC2CCCCC(CC)C2)N1. The number of hydrogen-bond acceptors (Lipinski definition) is 2. The molecule has 2 N–H and O–H groups in total. The summed E-state index contributed by atoms with van der Waals surface area (Å²) in [7, 11) is 0. The lowest BCUT2D eigenvalue weighted by molar-refractivity contribution is 0.345. The van der Waals surface area contributed by atoms with Gasteiger partial charge in [-0.2, -0.15) is 0 Å². The quantitative estimate of drug-likeness (QED) is 0.227. The van der Waals surface area contributed by atoms with E-state index in [0.29, 0.717) is 6.04 Å². The topological polar surface area (TPSA) is 39.7 Å². The zero-order valence-electron chi connectivity index (χ0n) is 19.2. The second-order valence-corrected chi connectivity index (χ2v) is 10.5. The van der Waals surface area contributed by atoms with Crippen molar-refractivity contribution < 1.29 is 0 Å². The monoisotopic (exact) mass is 506 g/mol. The van der Waals surface area contributed by atoms with Crippen molar-refractivity contribution in [3.05, 3.63) is 28.7 Å². The molecular weight excluding hydrogens is 468 g/mol. The van der Waals surface area contributed by atoms with Gasteiger partial charge in [0, 0.05) is 29.3 Å². The zero-order valence-corrected chi connectivity index (χ0v) is 21.6. The Morgan fingerprint density at radius 1 is 1.23 bits per heavy atom. The molecule has 0 bridgehead atoms. The van der Waals surface area contributed by atoms with E-state index in [0.717, 1.165) is 59.0 Å². The molecule has 1 aromatic carbocycles. The van der Waals surface area contributed by atoms with Gasteiger partial charge in [-0.3, -0.25) is 9.89 Å². The van der Waals surface area contributed by atoms with Gasteiger partial charge in [0.25, 0.3) is 0 Å². The van der Waals surface area contributed by atoms with Gasteiger partial charge in [-0.1, -0.05) is 74.4 Å². The zero-order chi connectivity index (χ0) is 22.1. The maximum atomic E-state index is 5.75. The summed E-state index contributed by atoms with van der Waals surface area (Å²) < 4.78 is 1.04. The minimum Gasteiger partial charge on any atom is -0.351 e. The van der Waals surface area contributed by atoms with Crippen molar-refractivity contribution in [1.29, 1.82) is 0 Å². The fraction of sp³-hybridized carbons (Fsp3) is 0.680. The Morgan fingerprint density at radius 2 is 2.03 bits per heavy atom. The second kappa shape index (κ2) is 12.8. The normalized spacial score (nSPS) is 25.3. The highest BCUT2D eigenvalue weighted by Crippen LogP contribution is 2.32. The molecule has 3 unspecified atom stereocenters. The van der Waals surface area contributed by atoms with Gasteiger partial charge < -0.3 is 10.6 Å². The van der Waals surface area contributed by atoms with Gasteiger partial charge in [0.15, 0.2) is 5.11 Å². The molecule has 0 amide bonds. The minimum absolute atomic E-state index is 0.415. The lowest BCUT2D eigenvalue weighted by Crippen LogP contribution is -2.38. The first-order valence-electron chi connectivity index (χ1n) is 12.2. The summed E-state index contributed by atoms with van der Waals surface area (Å²) in [6.45, 7) is 6.35. The van der Waals surface area contributed by atoms with Crippen LogP contribution in [0.15, 0.2) is 33.7 Å². The van der Waals surface area contributed by atoms with Crippen LogP contribution in [0.1, 0.15) is 78.1 Å². The Morgan fingerprint density at radius 3 is 2.77 bits per heavy atom. The minimum atomic E-state index is 0.415. The number of anilines is 1. The molecule has 1 aliphatic carbocycles. The lowest BCUT2D eigenvalue weighted by atomic mass is 9.88. The van der Waals surface area contributed by atoms with Crippen molar-refractivity contribution in [2.24, 2.45) is 16.8 Å². The first-order chi connectivity index (χ1) is 15.1. The molecule has 1 saturated heterocycles. The molecule has 3 rings (SSSR count). The van der Waals surface area contributed by atoms with Gasteiger partial charge in [-0.05, 0) is 67.9 Å². The lowest BCUT2D eigenvalue weighted by Gasteiger charge is -2.20. The van der Waals surface area contributed by atoms with Crippen LogP contribution in [0.5, 0.6) is 0 Å². The van der Waals surface area contributed by atoms with E-state index in [1.165, 1.54) is 51.4 Å². The molecule has 0 spiro atoms. The molecule has 6 heteroatoms. The summed E-state index contributed by atoms with van der Waals surface area (Å²) in [5.41, 5.74) is 0.997. The highest BCUT2D eigenvalue weighted by molar-refractivity contribution is 9.10. The standard InChI is InChI=1S/C25H39BrN4S/c1-3-9-23-18-30(25(31)29-22-14-7-13-21(26)17-22)24(28-23)27-15-8-12-20-11-6-5-10-19(4-2)16-20/h7,13-14,17,19-20,23H,3-6,8-12,15-16,18H2,1-2H3,(H,27,28)(H,29,31). The molecule has 2 aliphatic rings. The molecule has 2 fully saturated rings. The number of rotatable bonds is 8. The number of hydrogen-bond donors (Lipinski definition) is 2. The van der Waals surface area contributed by atoms with Crippen molar-refractivity contribution in [1.82, 2.24) is 10.2 Å². The van der Waals surface area contributed by atoms with Crippen molar-refractivity contribution in [2.75, 3.05) is 18.4 Å². The summed E-state index contributed by atoms with van der Waals surface area (Å²) in [6.07, 6.45) is 13.2. The third-order valence-electron chi connectivity index (χ3n) is 6.70. The molecule has 1 aliphatic heterocycles. The molecule has 1 heterocycles. The van der Waals surface area contributed by atoms with Crippen LogP contribution in [0.25, 0.3) is 0 Å². The fourth-order valence-electron chi connectivity index (χ4n) is 4.96. The Balaban J connectivity index is 1.55. The molecule has 31 heavy (non-hydrogen) atoms. The van der Waals surface area contributed by atoms with Gasteiger partial charge in [-0.15, -0.1) is 0 Å². The average molecular weight is 508 g/mol. The van der Waals surface area contributed by atoms with E-state index in [1.807, 2.05) is 24.3 Å². The number of nitrogens with one attached hydrogen (secondary N) is 2. The van der Waals surface area contributed by atoms with Crippen LogP contribution in [0.4, 0.5) is 5.69 Å². The average Bonchev–Trinajstić information content (AvgIpc) is 3.01. The van der Waals surface area contributed by atoms with Crippen LogP contribution in [-0.2, 0) is 0 Å². The van der Waals surface area contributed by atoms with Gasteiger partial charge in [-0.25, -0.2) is 0 Å². The maximum absolute atomic E-state index is 5.75. The number of guanidine groups is 1. The summed E-state index contributed by atoms with van der Waals surface area (Å²) in [5.74, 6) is 2.78. The summed E-state index contributed by atoms with van der Waals surface area (Å²) in [6, 6.07) is 8.54. The number of nitrogens with zero attached hydrogens (tertiary/aromatic N) is 2. The number of aliphatic imine (C=N–C) groups is 1. The van der Waals surface area contributed by atoms with Crippen LogP contribution < -0.4 is 10.6 Å². The van der Waals surface area contributed by atoms with E-state index < -0.39 is 0 Å². The summed E-state index contributed by atoms with van der Waals surface area (Å²) in [4.78, 5) is 7.11. The largest absolute Gasteiger partial charge is 0.351 e. The molecule has 1 saturated carbocycles. The predicted octanol–water partition coefficient (Wildman–Crippen LogP) is 6.96. The van der Waals surface area contributed by atoms with E-state index in [2.05, 4.69) is 45.3 Å². The van der Waals surface area contributed by atoms with Crippen LogP contribution in [-0.4, -0.2) is 35.1 Å². The highest BCUT2D eigenvalue weighted by Gasteiger charge is 2.29. The maximum Gasteiger partial charge on any atom is 0.200 e. The van der Waals surface area contributed by atoms with Crippen LogP contribution in [0.2, 0.25) is 0 Å². The van der Waals surface area contributed by atoms with Crippen LogP contribution in [0, 0.1) is 11.8 Å². The van der Waals surface area contributed by atoms with Gasteiger partial charge in [0.2, 0.25) is 5.96 Å². The van der Waals surface area contributed by atoms with Crippen molar-refractivity contribution in [3.8, 4) is 0 Å². The molecule has 0 aromatic heterocycles. The molecule has 1 aromatic rings. The molecule has 172 valence electrons. The number of halogens is 1. The van der Waals surface area contributed by atoms with Crippen molar-refractivity contribution >= 4 is 44.9 Å². The summed E-state index contributed by atoms with van der Waals surface area (Å²) in [5, 5.41) is 7.73. The van der Waals surface area contributed by atoms with E-state index in [-0.39, 0.29) is 0 Å². The first-order valence-corrected chi connectivity index (χ1v) is 13.4. The van der Waals surface area contributed by atoms with E-state index in [9.17, 15) is 0 Å². The molecule has 0 radical (unpaired) electrons. The second-order valence-electron chi connectivity index (χ2n) is 9.19. The third kappa shape index (κ3) is 7.74. The molecular formula is C25H39BrN4S. The Labute approximate surface area is 202 Å². The molecule has 3 atom stereocenters. The van der Waals surface area contributed by atoms with Crippen LogP contribution in [0.3, 0.4) is 0 Å². The summed E-state index contributed by atoms with van der Waals surface area (Å²) >= 11 is 9.29. The Kier molecular flexibility index (Phi) is 10.1. The van der Waals surface area contributed by atoms with Crippen molar-refractivity contribution in [2.45, 2.75) is 84.1 Å². The number of thiocarbonyl (C=S) groups is 1. The van der Waals surface area contributed by atoms with E-state index in [4.69, 9.17) is 17.2 Å². The molecule has 4 nitrogen and oxygen atoms in total. The highest BCUT2D eigenvalue weighted by atomic mass is 79.9. The van der Waals surface area contributed by atoms with Crippen molar-refractivity contribution in [3.63, 3.8) is 0 Å². The fourth-order valence-corrected chi connectivity index (χ4v) is 5.64. The van der Waals surface area contributed by atoms with E-state index >= 15 is 0 Å². The Bertz CT molecular complexity index is 738. The third-order valence-corrected chi connectivity index (χ3v) is 7.52. The van der Waals surface area contributed by atoms with Crippen LogP contribution >= 0.6 is 28.1 Å². The Hall–Kier alpha value is -1.14. The first kappa shape index (κ1) is 24.5. The van der Waals surface area contributed by atoms with Gasteiger partial charge >= 0.3 is 0 Å². The van der Waals surface area contributed by atoms with E-state index in [1.54, 1.807) is 0 Å². The number of benzene rings is 1. The predicted molar refractivity (Wildman–Crippen MR) is 141 cm³/mol. The van der Waals surface area contributed by atoms with Gasteiger partial charge in [0.05, 0.1) is 0 Å². The smallest absolute Gasteiger partial charge is 0.200 e. The van der Waals surface area contributed by atoms with Gasteiger partial charge in [0.1, 0.15) is 0 Å².